The van der Waals surface area contributed by atoms with Gasteiger partial charge in [0, 0.05) is 37.5 Å². The minimum absolute atomic E-state index is 0.157. The van der Waals surface area contributed by atoms with E-state index in [1.165, 1.54) is 0 Å². The Hall–Kier alpha value is -0.880. The van der Waals surface area contributed by atoms with Gasteiger partial charge in [0.25, 0.3) is 0 Å². The van der Waals surface area contributed by atoms with E-state index in [1.807, 2.05) is 21.9 Å². The molecule has 116 valence electrons. The number of hydrogen-bond acceptors (Lipinski definition) is 3. The Labute approximate surface area is 138 Å². The third-order valence-corrected chi connectivity index (χ3v) is 5.31. The topological polar surface area (TPSA) is 40.6 Å². The molecule has 2 amide bonds. The summed E-state index contributed by atoms with van der Waals surface area (Å²) in [5.41, 5.74) is 0. The molecule has 0 aliphatic carbocycles. The summed E-state index contributed by atoms with van der Waals surface area (Å²) >= 11 is 5.01. The fraction of sp³-hybridized carbons (Fsp3) is 0.600. The number of hydrogen-bond donors (Lipinski definition) is 0. The van der Waals surface area contributed by atoms with E-state index in [4.69, 9.17) is 0 Å². The molecule has 21 heavy (non-hydrogen) atoms. The molecular formula is C15H21BrN2O2S. The molecule has 0 radical (unpaired) electrons. The highest BCUT2D eigenvalue weighted by molar-refractivity contribution is 9.11. The first-order chi connectivity index (χ1) is 10.1. The van der Waals surface area contributed by atoms with Crippen LogP contribution in [0.15, 0.2) is 15.9 Å². The van der Waals surface area contributed by atoms with E-state index >= 15 is 0 Å². The van der Waals surface area contributed by atoms with Crippen LogP contribution in [-0.2, 0) is 16.0 Å². The first-order valence-corrected chi connectivity index (χ1v) is 9.01. The summed E-state index contributed by atoms with van der Waals surface area (Å²) < 4.78 is 1.05. The Bertz CT molecular complexity index is 496. The van der Waals surface area contributed by atoms with Crippen LogP contribution in [0, 0.1) is 0 Å². The summed E-state index contributed by atoms with van der Waals surface area (Å²) in [6.07, 6.45) is 3.08. The predicted octanol–water partition coefficient (Wildman–Crippen LogP) is 2.91. The highest BCUT2D eigenvalue weighted by atomic mass is 79.9. The average Bonchev–Trinajstić information content (AvgIpc) is 2.90. The summed E-state index contributed by atoms with van der Waals surface area (Å²) in [5.74, 6) is 0.385. The van der Waals surface area contributed by atoms with Gasteiger partial charge in [0.05, 0.1) is 10.2 Å². The molecule has 1 aliphatic rings. The van der Waals surface area contributed by atoms with Gasteiger partial charge >= 0.3 is 0 Å². The van der Waals surface area contributed by atoms with Crippen molar-refractivity contribution in [2.75, 3.05) is 26.2 Å². The number of carbonyl (C=O) groups is 2. The second-order valence-corrected chi connectivity index (χ2v) is 7.80. The fourth-order valence-electron chi connectivity index (χ4n) is 2.40. The third-order valence-electron chi connectivity index (χ3n) is 3.68. The number of halogens is 1. The van der Waals surface area contributed by atoms with Crippen LogP contribution < -0.4 is 0 Å². The van der Waals surface area contributed by atoms with Crippen LogP contribution in [-0.4, -0.2) is 47.8 Å². The van der Waals surface area contributed by atoms with E-state index in [9.17, 15) is 9.59 Å². The predicted molar refractivity (Wildman–Crippen MR) is 88.4 cm³/mol. The summed E-state index contributed by atoms with van der Waals surface area (Å²) in [6.45, 7) is 4.74. The summed E-state index contributed by atoms with van der Waals surface area (Å²) in [7, 11) is 0. The minimum Gasteiger partial charge on any atom is -0.339 e. The molecule has 0 aromatic carbocycles. The SMILES string of the molecule is CCCCC(=O)N1CCN(C(=O)Cc2ccc(Br)s2)CC1. The normalized spacial score (nSPS) is 15.3. The summed E-state index contributed by atoms with van der Waals surface area (Å²) in [4.78, 5) is 29.0. The van der Waals surface area contributed by atoms with E-state index < -0.39 is 0 Å². The van der Waals surface area contributed by atoms with Crippen LogP contribution in [0.5, 0.6) is 0 Å². The van der Waals surface area contributed by atoms with Crippen LogP contribution >= 0.6 is 27.3 Å². The molecule has 0 saturated carbocycles. The van der Waals surface area contributed by atoms with Crippen LogP contribution in [0.3, 0.4) is 0 Å². The van der Waals surface area contributed by atoms with E-state index in [-0.39, 0.29) is 11.8 Å². The Morgan fingerprint density at radius 3 is 2.29 bits per heavy atom. The van der Waals surface area contributed by atoms with Gasteiger partial charge < -0.3 is 9.80 Å². The van der Waals surface area contributed by atoms with Crippen molar-refractivity contribution in [3.05, 3.63) is 20.8 Å². The lowest BCUT2D eigenvalue weighted by molar-refractivity contribution is -0.139. The lowest BCUT2D eigenvalue weighted by Gasteiger charge is -2.34. The smallest absolute Gasteiger partial charge is 0.227 e. The molecule has 1 aliphatic heterocycles. The zero-order valence-electron chi connectivity index (χ0n) is 12.3. The molecule has 1 aromatic heterocycles. The van der Waals surface area contributed by atoms with Crippen molar-refractivity contribution in [3.8, 4) is 0 Å². The Morgan fingerprint density at radius 2 is 1.76 bits per heavy atom. The quantitative estimate of drug-likeness (QED) is 0.796. The Morgan fingerprint density at radius 1 is 1.14 bits per heavy atom. The fourth-order valence-corrected chi connectivity index (χ4v) is 3.87. The van der Waals surface area contributed by atoms with Gasteiger partial charge in [-0.25, -0.2) is 0 Å². The number of nitrogens with zero attached hydrogens (tertiary/aromatic N) is 2. The van der Waals surface area contributed by atoms with Crippen LogP contribution in [0.1, 0.15) is 31.1 Å². The summed E-state index contributed by atoms with van der Waals surface area (Å²) in [5, 5.41) is 0. The van der Waals surface area contributed by atoms with E-state index in [2.05, 4.69) is 22.9 Å². The Balaban J connectivity index is 1.78. The largest absolute Gasteiger partial charge is 0.339 e. The lowest BCUT2D eigenvalue weighted by atomic mass is 10.2. The number of unbranched alkanes of at least 4 members (excludes halogenated alkanes) is 1. The van der Waals surface area contributed by atoms with Crippen LogP contribution in [0.2, 0.25) is 0 Å². The molecule has 2 rings (SSSR count). The molecule has 1 saturated heterocycles. The molecule has 0 unspecified atom stereocenters. The molecule has 2 heterocycles. The van der Waals surface area contributed by atoms with Gasteiger partial charge in [-0.1, -0.05) is 13.3 Å². The van der Waals surface area contributed by atoms with Crippen molar-refractivity contribution in [2.24, 2.45) is 0 Å². The number of rotatable bonds is 5. The number of piperazine rings is 1. The second kappa shape index (κ2) is 7.94. The van der Waals surface area contributed by atoms with Crippen molar-refractivity contribution in [1.82, 2.24) is 9.80 Å². The molecule has 1 fully saturated rings. The minimum atomic E-state index is 0.157. The van der Waals surface area contributed by atoms with Gasteiger partial charge in [-0.2, -0.15) is 0 Å². The second-order valence-electron chi connectivity index (χ2n) is 5.25. The van der Waals surface area contributed by atoms with Crippen molar-refractivity contribution in [1.29, 1.82) is 0 Å². The molecule has 0 atom stereocenters. The maximum atomic E-state index is 12.2. The van der Waals surface area contributed by atoms with Gasteiger partial charge in [0.15, 0.2) is 0 Å². The van der Waals surface area contributed by atoms with Crippen LogP contribution in [0.25, 0.3) is 0 Å². The van der Waals surface area contributed by atoms with Gasteiger partial charge in [0.2, 0.25) is 11.8 Å². The van der Waals surface area contributed by atoms with E-state index in [0.717, 1.165) is 21.5 Å². The molecule has 6 heteroatoms. The van der Waals surface area contributed by atoms with E-state index in [0.29, 0.717) is 39.0 Å². The maximum absolute atomic E-state index is 12.2. The first-order valence-electron chi connectivity index (χ1n) is 7.40. The first kappa shape index (κ1) is 16.5. The monoisotopic (exact) mass is 372 g/mol. The molecular weight excluding hydrogens is 352 g/mol. The zero-order chi connectivity index (χ0) is 15.2. The highest BCUT2D eigenvalue weighted by Crippen LogP contribution is 2.23. The Kier molecular flexibility index (Phi) is 6.23. The number of amides is 2. The van der Waals surface area contributed by atoms with Crippen molar-refractivity contribution < 1.29 is 9.59 Å². The van der Waals surface area contributed by atoms with Gasteiger partial charge in [0.1, 0.15) is 0 Å². The van der Waals surface area contributed by atoms with Crippen LogP contribution in [0.4, 0.5) is 0 Å². The summed E-state index contributed by atoms with van der Waals surface area (Å²) in [6, 6.07) is 3.95. The number of carbonyl (C=O) groups excluding carboxylic acids is 2. The van der Waals surface area contributed by atoms with Crippen molar-refractivity contribution in [3.63, 3.8) is 0 Å². The van der Waals surface area contributed by atoms with Crippen molar-refractivity contribution in [2.45, 2.75) is 32.6 Å². The van der Waals surface area contributed by atoms with Crippen molar-refractivity contribution >= 4 is 39.1 Å². The van der Waals surface area contributed by atoms with Gasteiger partial charge in [-0.05, 0) is 34.5 Å². The molecule has 0 bridgehead atoms. The number of thiophene rings is 1. The molecule has 4 nitrogen and oxygen atoms in total. The third kappa shape index (κ3) is 4.81. The molecule has 1 aromatic rings. The van der Waals surface area contributed by atoms with E-state index in [1.54, 1.807) is 11.3 Å². The standard InChI is InChI=1S/C15H21BrN2O2S/c1-2-3-4-14(19)17-7-9-18(10-8-17)15(20)11-12-5-6-13(16)21-12/h5-6H,2-4,7-11H2,1H3. The molecule has 0 spiro atoms. The zero-order valence-corrected chi connectivity index (χ0v) is 14.7. The lowest BCUT2D eigenvalue weighted by Crippen LogP contribution is -2.50. The van der Waals surface area contributed by atoms with Gasteiger partial charge in [-0.15, -0.1) is 11.3 Å². The highest BCUT2D eigenvalue weighted by Gasteiger charge is 2.23. The average molecular weight is 373 g/mol. The van der Waals surface area contributed by atoms with Gasteiger partial charge in [-0.3, -0.25) is 9.59 Å². The maximum Gasteiger partial charge on any atom is 0.227 e. The molecule has 0 N–H and O–H groups in total.